The quantitative estimate of drug-likeness (QED) is 0.470. The summed E-state index contributed by atoms with van der Waals surface area (Å²) in [6, 6.07) is 0. The highest BCUT2D eigenvalue weighted by Gasteiger charge is 2.53. The number of rotatable bonds is 1. The lowest BCUT2D eigenvalue weighted by Crippen LogP contribution is -2.31. The summed E-state index contributed by atoms with van der Waals surface area (Å²) in [7, 11) is 0. The van der Waals surface area contributed by atoms with Crippen molar-refractivity contribution in [1.82, 2.24) is 0 Å². The zero-order chi connectivity index (χ0) is 9.71. The molecule has 0 heterocycles. The highest BCUT2D eigenvalue weighted by Crippen LogP contribution is 2.57. The van der Waals surface area contributed by atoms with Crippen molar-refractivity contribution in [2.75, 3.05) is 0 Å². The Morgan fingerprint density at radius 3 is 3.00 bits per heavy atom. The van der Waals surface area contributed by atoms with Crippen molar-refractivity contribution in [3.05, 3.63) is 12.2 Å². The van der Waals surface area contributed by atoms with Crippen LogP contribution in [-0.2, 0) is 9.53 Å². The van der Waals surface area contributed by atoms with Gasteiger partial charge in [0.1, 0.15) is 6.10 Å². The number of hydrogen-bond acceptors (Lipinski definition) is 2. The van der Waals surface area contributed by atoms with Crippen LogP contribution < -0.4 is 0 Å². The Bertz CT molecular complexity index is 295. The molecule has 3 aliphatic carbocycles. The van der Waals surface area contributed by atoms with E-state index in [0.29, 0.717) is 5.92 Å². The van der Waals surface area contributed by atoms with Gasteiger partial charge >= 0.3 is 5.97 Å². The summed E-state index contributed by atoms with van der Waals surface area (Å²) in [5.41, 5.74) is 0. The third-order valence-corrected chi connectivity index (χ3v) is 4.27. The molecule has 5 atom stereocenters. The molecule has 2 saturated carbocycles. The fraction of sp³-hybridized carbons (Fsp3) is 0.750. The van der Waals surface area contributed by atoms with Gasteiger partial charge in [-0.2, -0.15) is 0 Å². The van der Waals surface area contributed by atoms with Gasteiger partial charge in [0.05, 0.1) is 0 Å². The molecule has 2 heteroatoms. The van der Waals surface area contributed by atoms with Crippen molar-refractivity contribution in [3.63, 3.8) is 0 Å². The van der Waals surface area contributed by atoms with Gasteiger partial charge < -0.3 is 4.74 Å². The van der Waals surface area contributed by atoms with Crippen molar-refractivity contribution in [3.8, 4) is 0 Å². The van der Waals surface area contributed by atoms with Gasteiger partial charge in [-0.1, -0.05) is 12.2 Å². The van der Waals surface area contributed by atoms with Gasteiger partial charge in [-0.05, 0) is 37.0 Å². The van der Waals surface area contributed by atoms with Gasteiger partial charge in [0.25, 0.3) is 0 Å². The SMILES string of the molecule is CC(=O)O[C@@H]1C[C@@H]2C[C@H]1[C@H]1C=CC[C@H]21. The first-order chi connectivity index (χ1) is 6.75. The van der Waals surface area contributed by atoms with Crippen LogP contribution >= 0.6 is 0 Å². The van der Waals surface area contributed by atoms with Crippen LogP contribution in [0.2, 0.25) is 0 Å². The number of hydrogen-bond donors (Lipinski definition) is 0. The molecule has 0 N–H and O–H groups in total. The summed E-state index contributed by atoms with van der Waals surface area (Å²) in [6.45, 7) is 1.52. The van der Waals surface area contributed by atoms with Crippen LogP contribution in [0.5, 0.6) is 0 Å². The fourth-order valence-corrected chi connectivity index (χ4v) is 3.83. The summed E-state index contributed by atoms with van der Waals surface area (Å²) in [5, 5.41) is 0. The summed E-state index contributed by atoms with van der Waals surface area (Å²) in [5.74, 6) is 2.95. The first-order valence-electron chi connectivity index (χ1n) is 5.59. The smallest absolute Gasteiger partial charge is 0.302 e. The van der Waals surface area contributed by atoms with E-state index in [9.17, 15) is 4.79 Å². The lowest BCUT2D eigenvalue weighted by Gasteiger charge is -2.30. The van der Waals surface area contributed by atoms with E-state index in [0.717, 1.165) is 24.2 Å². The van der Waals surface area contributed by atoms with Crippen LogP contribution in [0, 0.1) is 23.7 Å². The first kappa shape index (κ1) is 8.51. The van der Waals surface area contributed by atoms with Crippen molar-refractivity contribution < 1.29 is 9.53 Å². The van der Waals surface area contributed by atoms with Gasteiger partial charge in [-0.3, -0.25) is 4.79 Å². The number of fused-ring (bicyclic) bond motifs is 5. The summed E-state index contributed by atoms with van der Waals surface area (Å²) >= 11 is 0. The first-order valence-corrected chi connectivity index (χ1v) is 5.59. The van der Waals surface area contributed by atoms with E-state index in [1.54, 1.807) is 0 Å². The van der Waals surface area contributed by atoms with Crippen LogP contribution in [0.3, 0.4) is 0 Å². The maximum atomic E-state index is 10.9. The van der Waals surface area contributed by atoms with Crippen molar-refractivity contribution in [2.24, 2.45) is 23.7 Å². The molecule has 2 bridgehead atoms. The van der Waals surface area contributed by atoms with Crippen molar-refractivity contribution in [2.45, 2.75) is 32.3 Å². The Kier molecular flexibility index (Phi) is 1.73. The topological polar surface area (TPSA) is 26.3 Å². The molecule has 0 saturated heterocycles. The van der Waals surface area contributed by atoms with E-state index in [1.807, 2.05) is 0 Å². The number of carbonyl (C=O) groups is 1. The summed E-state index contributed by atoms with van der Waals surface area (Å²) < 4.78 is 5.38. The normalized spacial score (nSPS) is 48.2. The Balaban J connectivity index is 1.76. The van der Waals surface area contributed by atoms with E-state index >= 15 is 0 Å². The molecule has 0 spiro atoms. The lowest BCUT2D eigenvalue weighted by atomic mass is 9.80. The molecule has 76 valence electrons. The second kappa shape index (κ2) is 2.85. The van der Waals surface area contributed by atoms with Crippen LogP contribution in [0.1, 0.15) is 26.2 Å². The van der Waals surface area contributed by atoms with E-state index in [1.165, 1.54) is 19.8 Å². The molecule has 0 unspecified atom stereocenters. The maximum Gasteiger partial charge on any atom is 0.302 e. The van der Waals surface area contributed by atoms with E-state index in [-0.39, 0.29) is 12.1 Å². The monoisotopic (exact) mass is 192 g/mol. The highest BCUT2D eigenvalue weighted by atomic mass is 16.5. The molecule has 2 fully saturated rings. The molecular formula is C12H16O2. The van der Waals surface area contributed by atoms with Gasteiger partial charge in [0.2, 0.25) is 0 Å². The van der Waals surface area contributed by atoms with Gasteiger partial charge in [0, 0.05) is 12.8 Å². The minimum absolute atomic E-state index is 0.110. The standard InChI is InChI=1S/C12H16O2/c1-7(13)14-12-6-8-5-11(12)10-4-2-3-9(8)10/h2,4,8-12H,3,5-6H2,1H3/t8-,9+,10-,11-,12+/m0/s1. The Hall–Kier alpha value is -0.790. The molecule has 14 heavy (non-hydrogen) atoms. The molecule has 0 amide bonds. The van der Waals surface area contributed by atoms with Gasteiger partial charge in [0.15, 0.2) is 0 Å². The molecule has 3 aliphatic rings. The van der Waals surface area contributed by atoms with Crippen molar-refractivity contribution >= 4 is 5.97 Å². The average Bonchev–Trinajstić information content (AvgIpc) is 2.68. The summed E-state index contributed by atoms with van der Waals surface area (Å²) in [4.78, 5) is 10.9. The minimum Gasteiger partial charge on any atom is -0.462 e. The van der Waals surface area contributed by atoms with E-state index < -0.39 is 0 Å². The van der Waals surface area contributed by atoms with Crippen LogP contribution in [0.25, 0.3) is 0 Å². The Morgan fingerprint density at radius 2 is 2.21 bits per heavy atom. The molecule has 0 radical (unpaired) electrons. The minimum atomic E-state index is -0.110. The Morgan fingerprint density at radius 1 is 1.36 bits per heavy atom. The number of esters is 1. The number of ether oxygens (including phenoxy) is 1. The van der Waals surface area contributed by atoms with E-state index in [2.05, 4.69) is 12.2 Å². The van der Waals surface area contributed by atoms with E-state index in [4.69, 9.17) is 4.74 Å². The van der Waals surface area contributed by atoms with Gasteiger partial charge in [-0.25, -0.2) is 0 Å². The van der Waals surface area contributed by atoms with Crippen LogP contribution in [-0.4, -0.2) is 12.1 Å². The van der Waals surface area contributed by atoms with Crippen molar-refractivity contribution in [1.29, 1.82) is 0 Å². The number of carbonyl (C=O) groups excluding carboxylic acids is 1. The molecular weight excluding hydrogens is 176 g/mol. The Labute approximate surface area is 84.3 Å². The van der Waals surface area contributed by atoms with Crippen LogP contribution in [0.4, 0.5) is 0 Å². The predicted octanol–water partition coefficient (Wildman–Crippen LogP) is 2.15. The lowest BCUT2D eigenvalue weighted by molar-refractivity contribution is -0.149. The molecule has 2 nitrogen and oxygen atoms in total. The second-order valence-corrected chi connectivity index (χ2v) is 4.95. The van der Waals surface area contributed by atoms with Crippen LogP contribution in [0.15, 0.2) is 12.2 Å². The third kappa shape index (κ3) is 1.06. The predicted molar refractivity (Wildman–Crippen MR) is 52.5 cm³/mol. The maximum absolute atomic E-state index is 10.9. The zero-order valence-corrected chi connectivity index (χ0v) is 8.48. The number of allylic oxidation sites excluding steroid dienone is 2. The fourth-order valence-electron chi connectivity index (χ4n) is 3.83. The largest absolute Gasteiger partial charge is 0.462 e. The molecule has 0 aliphatic heterocycles. The highest BCUT2D eigenvalue weighted by molar-refractivity contribution is 5.66. The summed E-state index contributed by atoms with van der Waals surface area (Å²) in [6.07, 6.45) is 8.56. The second-order valence-electron chi connectivity index (χ2n) is 4.95. The third-order valence-electron chi connectivity index (χ3n) is 4.27. The average molecular weight is 192 g/mol. The van der Waals surface area contributed by atoms with Gasteiger partial charge in [-0.15, -0.1) is 0 Å². The molecule has 0 aromatic carbocycles. The zero-order valence-electron chi connectivity index (χ0n) is 8.48. The molecule has 0 aromatic heterocycles. The molecule has 3 rings (SSSR count). The molecule has 0 aromatic rings.